The molecule has 390 valence electrons. The van der Waals surface area contributed by atoms with Crippen LogP contribution in [-0.2, 0) is 0 Å². The smallest absolute Gasteiger partial charge is 0.0562 e. The fraction of sp³-hybridized carbons (Fsp3) is 0. The van der Waals surface area contributed by atoms with Crippen molar-refractivity contribution >= 4 is 131 Å². The largest absolute Gasteiger partial charge is 0.309 e. The highest BCUT2D eigenvalue weighted by Gasteiger charge is 2.26. The number of para-hydroxylation sites is 9. The van der Waals surface area contributed by atoms with Crippen LogP contribution in [0.3, 0.4) is 0 Å². The lowest BCUT2D eigenvalue weighted by Gasteiger charge is -2.18. The molecule has 0 spiro atoms. The highest BCUT2D eigenvalue weighted by atomic mass is 15.1. The molecule has 0 unspecified atom stereocenters. The summed E-state index contributed by atoms with van der Waals surface area (Å²) in [5, 5.41) is 14.6. The SMILES string of the molecule is c1ccc2c(c1)c1ccccc1n2-c1cccc2c1c1ccccc1n2-c1cc(-n2c3ccccc3c3c(-n4c5ccccc5c5ccccc54)cccc32)cc(-n2c3ccccc3c3c(-n4c5ccccc5c5ccccc54)cccc32)c1. The third-order valence-electron chi connectivity index (χ3n) is 18.2. The summed E-state index contributed by atoms with van der Waals surface area (Å²) in [4.78, 5) is 0. The molecule has 0 bridgehead atoms. The minimum Gasteiger partial charge on any atom is -0.309 e. The standard InChI is InChI=1S/C78H48N6/c1-10-31-61-52(22-1)53-23-2-11-32-62(53)82(61)73-43-19-40-70-76(73)58-28-7-16-37-67(58)79(70)49-46-50(80-68-38-17-8-29-59(68)77-71(80)41-20-44-74(77)83-63-33-12-3-24-54(63)55-25-4-13-34-64(55)83)48-51(47-49)81-69-39-18-9-30-60(69)78-72(81)42-21-45-75(78)84-65-35-14-5-26-56(65)57-27-6-15-36-66(57)84/h1-48H. The predicted octanol–water partition coefficient (Wildman–Crippen LogP) is 20.3. The van der Waals surface area contributed by atoms with E-state index in [1.165, 1.54) is 97.7 Å². The van der Waals surface area contributed by atoms with Crippen LogP contribution in [0.5, 0.6) is 0 Å². The summed E-state index contributed by atoms with van der Waals surface area (Å²) in [6, 6.07) is 108. The molecule has 84 heavy (non-hydrogen) atoms. The fourth-order valence-corrected chi connectivity index (χ4v) is 14.9. The van der Waals surface area contributed by atoms with Crippen LogP contribution in [0.2, 0.25) is 0 Å². The summed E-state index contributed by atoms with van der Waals surface area (Å²) in [5.74, 6) is 0. The third-order valence-corrected chi connectivity index (χ3v) is 18.2. The first kappa shape index (κ1) is 45.4. The van der Waals surface area contributed by atoms with Crippen LogP contribution in [0.25, 0.3) is 165 Å². The molecule has 6 aromatic heterocycles. The minimum atomic E-state index is 1.06. The summed E-state index contributed by atoms with van der Waals surface area (Å²) in [7, 11) is 0. The van der Waals surface area contributed by atoms with Gasteiger partial charge in [0.25, 0.3) is 0 Å². The number of fused-ring (bicyclic) bond motifs is 18. The maximum atomic E-state index is 2.52. The zero-order valence-corrected chi connectivity index (χ0v) is 45.4. The number of benzene rings is 13. The van der Waals surface area contributed by atoms with Crippen molar-refractivity contribution in [1.82, 2.24) is 27.4 Å². The molecule has 6 nitrogen and oxygen atoms in total. The molecule has 0 N–H and O–H groups in total. The summed E-state index contributed by atoms with van der Waals surface area (Å²) < 4.78 is 15.0. The van der Waals surface area contributed by atoms with Crippen molar-refractivity contribution < 1.29 is 0 Å². The highest BCUT2D eigenvalue weighted by molar-refractivity contribution is 6.20. The molecular weight excluding hydrogens is 1020 g/mol. The Morgan fingerprint density at radius 3 is 0.548 bits per heavy atom. The van der Waals surface area contributed by atoms with E-state index in [4.69, 9.17) is 0 Å². The highest BCUT2D eigenvalue weighted by Crippen LogP contribution is 2.46. The Balaban J connectivity index is 0.941. The molecular formula is C78H48N6. The zero-order valence-electron chi connectivity index (χ0n) is 45.4. The molecule has 6 heterocycles. The molecule has 0 saturated heterocycles. The van der Waals surface area contributed by atoms with E-state index < -0.39 is 0 Å². The van der Waals surface area contributed by atoms with Crippen LogP contribution in [0.4, 0.5) is 0 Å². The third kappa shape index (κ3) is 6.07. The van der Waals surface area contributed by atoms with E-state index in [9.17, 15) is 0 Å². The Kier molecular flexibility index (Phi) is 9.24. The molecule has 0 aliphatic carbocycles. The van der Waals surface area contributed by atoms with Gasteiger partial charge in [-0.1, -0.05) is 182 Å². The number of aromatic nitrogens is 6. The first-order valence-corrected chi connectivity index (χ1v) is 28.9. The van der Waals surface area contributed by atoms with Gasteiger partial charge >= 0.3 is 0 Å². The topological polar surface area (TPSA) is 29.6 Å². The zero-order chi connectivity index (χ0) is 54.7. The van der Waals surface area contributed by atoms with Crippen molar-refractivity contribution in [2.75, 3.05) is 0 Å². The molecule has 0 saturated carbocycles. The van der Waals surface area contributed by atoms with Gasteiger partial charge < -0.3 is 27.4 Å². The van der Waals surface area contributed by atoms with Gasteiger partial charge in [-0.05, 0) is 109 Å². The quantitative estimate of drug-likeness (QED) is 0.159. The van der Waals surface area contributed by atoms with Gasteiger partial charge in [0.15, 0.2) is 0 Å². The number of rotatable bonds is 6. The molecule has 0 aliphatic heterocycles. The lowest BCUT2D eigenvalue weighted by Crippen LogP contribution is -2.04. The van der Waals surface area contributed by atoms with Gasteiger partial charge in [-0.25, -0.2) is 0 Å². The second-order valence-electron chi connectivity index (χ2n) is 22.4. The summed E-state index contributed by atoms with van der Waals surface area (Å²) >= 11 is 0. The molecule has 0 fully saturated rings. The minimum absolute atomic E-state index is 1.06. The van der Waals surface area contributed by atoms with Gasteiger partial charge in [-0.15, -0.1) is 0 Å². The van der Waals surface area contributed by atoms with E-state index in [-0.39, 0.29) is 0 Å². The fourth-order valence-electron chi connectivity index (χ4n) is 14.9. The van der Waals surface area contributed by atoms with Crippen molar-refractivity contribution in [3.63, 3.8) is 0 Å². The molecule has 19 aromatic rings. The number of nitrogens with zero attached hydrogens (tertiary/aromatic N) is 6. The van der Waals surface area contributed by atoms with Gasteiger partial charge in [0.2, 0.25) is 0 Å². The summed E-state index contributed by atoms with van der Waals surface area (Å²) in [6.45, 7) is 0. The predicted molar refractivity (Wildman–Crippen MR) is 352 cm³/mol. The first-order valence-electron chi connectivity index (χ1n) is 28.9. The van der Waals surface area contributed by atoms with Crippen LogP contribution in [0.15, 0.2) is 291 Å². The molecule has 0 aliphatic rings. The normalized spacial score (nSPS) is 12.3. The van der Waals surface area contributed by atoms with Crippen molar-refractivity contribution in [3.8, 4) is 34.1 Å². The summed E-state index contributed by atoms with van der Waals surface area (Å²) in [6.07, 6.45) is 0. The number of hydrogen-bond donors (Lipinski definition) is 0. The average molecular weight is 1070 g/mol. The second kappa shape index (κ2) is 17.1. The molecule has 6 heteroatoms. The summed E-state index contributed by atoms with van der Waals surface area (Å²) in [5.41, 5.74) is 20.5. The van der Waals surface area contributed by atoms with Gasteiger partial charge in [-0.2, -0.15) is 0 Å². The van der Waals surface area contributed by atoms with E-state index in [2.05, 4.69) is 319 Å². The Labute approximate surface area is 480 Å². The van der Waals surface area contributed by atoms with Crippen molar-refractivity contribution in [2.45, 2.75) is 0 Å². The van der Waals surface area contributed by atoms with Crippen LogP contribution in [-0.4, -0.2) is 27.4 Å². The second-order valence-corrected chi connectivity index (χ2v) is 22.4. The van der Waals surface area contributed by atoms with Crippen molar-refractivity contribution in [2.24, 2.45) is 0 Å². The van der Waals surface area contributed by atoms with Gasteiger partial charge in [-0.3, -0.25) is 0 Å². The van der Waals surface area contributed by atoms with Gasteiger partial charge in [0.1, 0.15) is 0 Å². The Morgan fingerprint density at radius 2 is 0.321 bits per heavy atom. The van der Waals surface area contributed by atoms with Crippen LogP contribution in [0.1, 0.15) is 0 Å². The van der Waals surface area contributed by atoms with Gasteiger partial charge in [0.05, 0.1) is 100 Å². The number of hydrogen-bond acceptors (Lipinski definition) is 0. The lowest BCUT2D eigenvalue weighted by molar-refractivity contribution is 1.09. The molecule has 0 radical (unpaired) electrons. The Morgan fingerprint density at radius 1 is 0.143 bits per heavy atom. The van der Waals surface area contributed by atoms with E-state index in [0.717, 1.165) is 67.2 Å². The maximum absolute atomic E-state index is 2.52. The first-order chi connectivity index (χ1) is 41.7. The van der Waals surface area contributed by atoms with E-state index in [0.29, 0.717) is 0 Å². The Bertz CT molecular complexity index is 5250. The van der Waals surface area contributed by atoms with Crippen LogP contribution in [0, 0.1) is 0 Å². The van der Waals surface area contributed by atoms with Crippen LogP contribution >= 0.6 is 0 Å². The van der Waals surface area contributed by atoms with E-state index >= 15 is 0 Å². The maximum Gasteiger partial charge on any atom is 0.0562 e. The van der Waals surface area contributed by atoms with E-state index in [1.807, 2.05) is 0 Å². The van der Waals surface area contributed by atoms with E-state index in [1.54, 1.807) is 0 Å². The van der Waals surface area contributed by atoms with Gasteiger partial charge in [0, 0.05) is 64.6 Å². The molecule has 13 aromatic carbocycles. The average Bonchev–Trinajstić information content (AvgIpc) is 2.48. The molecule has 19 rings (SSSR count). The molecule has 0 atom stereocenters. The van der Waals surface area contributed by atoms with Crippen molar-refractivity contribution in [3.05, 3.63) is 291 Å². The monoisotopic (exact) mass is 1070 g/mol. The Hall–Kier alpha value is -11.3. The van der Waals surface area contributed by atoms with Crippen LogP contribution < -0.4 is 0 Å². The lowest BCUT2D eigenvalue weighted by atomic mass is 10.1. The molecule has 0 amide bonds. The van der Waals surface area contributed by atoms with Crippen molar-refractivity contribution in [1.29, 1.82) is 0 Å².